The van der Waals surface area contributed by atoms with Crippen LogP contribution in [0.4, 0.5) is 0 Å². The number of thiazole rings is 1. The third-order valence-corrected chi connectivity index (χ3v) is 3.04. The van der Waals surface area contributed by atoms with E-state index in [-0.39, 0.29) is 0 Å². The van der Waals surface area contributed by atoms with Crippen molar-refractivity contribution in [3.05, 3.63) is 16.6 Å². The summed E-state index contributed by atoms with van der Waals surface area (Å²) in [4.78, 5) is 4.24. The molecular weight excluding hydrogens is 168 g/mol. The minimum Gasteiger partial charge on any atom is -0.314 e. The molecule has 1 aromatic heterocycles. The Morgan fingerprint density at radius 1 is 1.58 bits per heavy atom. The SMILES string of the molecule is c1nc(CCNC2CCC2)cs1. The summed E-state index contributed by atoms with van der Waals surface area (Å²) < 4.78 is 0. The highest BCUT2D eigenvalue weighted by molar-refractivity contribution is 7.07. The minimum atomic E-state index is 0.809. The topological polar surface area (TPSA) is 24.9 Å². The lowest BCUT2D eigenvalue weighted by atomic mass is 9.93. The highest BCUT2D eigenvalue weighted by Crippen LogP contribution is 2.17. The average molecular weight is 182 g/mol. The molecule has 1 N–H and O–H groups in total. The van der Waals surface area contributed by atoms with Gasteiger partial charge in [-0.05, 0) is 12.8 Å². The molecule has 12 heavy (non-hydrogen) atoms. The van der Waals surface area contributed by atoms with E-state index in [0.717, 1.165) is 19.0 Å². The third-order valence-electron chi connectivity index (χ3n) is 2.40. The molecule has 0 radical (unpaired) electrons. The summed E-state index contributed by atoms with van der Waals surface area (Å²) in [6.07, 6.45) is 5.24. The first-order valence-corrected chi connectivity index (χ1v) is 5.50. The van der Waals surface area contributed by atoms with Gasteiger partial charge in [-0.25, -0.2) is 4.98 Å². The van der Waals surface area contributed by atoms with Crippen LogP contribution in [0.2, 0.25) is 0 Å². The van der Waals surface area contributed by atoms with Crippen LogP contribution in [0.1, 0.15) is 25.0 Å². The van der Waals surface area contributed by atoms with Crippen LogP contribution in [0, 0.1) is 0 Å². The molecule has 0 spiro atoms. The molecule has 0 aromatic carbocycles. The van der Waals surface area contributed by atoms with Crippen molar-refractivity contribution >= 4 is 11.3 Å². The predicted molar refractivity (Wildman–Crippen MR) is 51.5 cm³/mol. The molecule has 1 fully saturated rings. The van der Waals surface area contributed by atoms with Gasteiger partial charge in [0.05, 0.1) is 11.2 Å². The third kappa shape index (κ3) is 2.05. The molecule has 1 aliphatic carbocycles. The van der Waals surface area contributed by atoms with Crippen molar-refractivity contribution in [2.75, 3.05) is 6.54 Å². The lowest BCUT2D eigenvalue weighted by Gasteiger charge is -2.26. The van der Waals surface area contributed by atoms with Gasteiger partial charge in [-0.15, -0.1) is 11.3 Å². The Balaban J connectivity index is 1.62. The number of aromatic nitrogens is 1. The summed E-state index contributed by atoms with van der Waals surface area (Å²) in [7, 11) is 0. The summed E-state index contributed by atoms with van der Waals surface area (Å²) >= 11 is 1.68. The maximum Gasteiger partial charge on any atom is 0.0794 e. The standard InChI is InChI=1S/C9H14N2S/c1-2-8(3-1)10-5-4-9-6-12-7-11-9/h6-8,10H,1-5H2. The maximum absolute atomic E-state index is 4.24. The van der Waals surface area contributed by atoms with Crippen molar-refractivity contribution in [2.24, 2.45) is 0 Å². The molecule has 0 amide bonds. The Morgan fingerprint density at radius 2 is 2.50 bits per heavy atom. The minimum absolute atomic E-state index is 0.809. The summed E-state index contributed by atoms with van der Waals surface area (Å²) in [5, 5.41) is 5.65. The Bertz CT molecular complexity index is 216. The van der Waals surface area contributed by atoms with Crippen LogP contribution in [0.5, 0.6) is 0 Å². The van der Waals surface area contributed by atoms with Crippen molar-refractivity contribution in [2.45, 2.75) is 31.7 Å². The Kier molecular flexibility index (Phi) is 2.74. The van der Waals surface area contributed by atoms with E-state index >= 15 is 0 Å². The molecular formula is C9H14N2S. The number of nitrogens with zero attached hydrogens (tertiary/aromatic N) is 1. The van der Waals surface area contributed by atoms with E-state index in [4.69, 9.17) is 0 Å². The van der Waals surface area contributed by atoms with Crippen molar-refractivity contribution < 1.29 is 0 Å². The van der Waals surface area contributed by atoms with Gasteiger partial charge in [0.1, 0.15) is 0 Å². The number of hydrogen-bond donors (Lipinski definition) is 1. The monoisotopic (exact) mass is 182 g/mol. The van der Waals surface area contributed by atoms with Gasteiger partial charge in [0, 0.05) is 24.4 Å². The molecule has 0 bridgehead atoms. The molecule has 1 aromatic rings. The van der Waals surface area contributed by atoms with Gasteiger partial charge in [-0.2, -0.15) is 0 Å². The molecule has 66 valence electrons. The summed E-state index contributed by atoms with van der Waals surface area (Å²) in [5.41, 5.74) is 3.13. The fourth-order valence-corrected chi connectivity index (χ4v) is 1.97. The van der Waals surface area contributed by atoms with Crippen LogP contribution in [-0.4, -0.2) is 17.6 Å². The van der Waals surface area contributed by atoms with Crippen molar-refractivity contribution in [3.63, 3.8) is 0 Å². The summed E-state index contributed by atoms with van der Waals surface area (Å²) in [5.74, 6) is 0. The predicted octanol–water partition coefficient (Wildman–Crippen LogP) is 1.83. The van der Waals surface area contributed by atoms with Crippen LogP contribution in [0.25, 0.3) is 0 Å². The van der Waals surface area contributed by atoms with Crippen LogP contribution < -0.4 is 5.32 Å². The molecule has 0 aliphatic heterocycles. The second-order valence-corrected chi connectivity index (χ2v) is 4.03. The Hall–Kier alpha value is -0.410. The zero-order valence-electron chi connectivity index (χ0n) is 7.12. The highest BCUT2D eigenvalue weighted by Gasteiger charge is 2.15. The smallest absolute Gasteiger partial charge is 0.0794 e. The van der Waals surface area contributed by atoms with Gasteiger partial charge in [-0.3, -0.25) is 0 Å². The molecule has 1 saturated carbocycles. The second kappa shape index (κ2) is 4.01. The molecule has 1 aliphatic rings. The molecule has 3 heteroatoms. The zero-order valence-corrected chi connectivity index (χ0v) is 7.94. The summed E-state index contributed by atoms with van der Waals surface area (Å²) in [6, 6.07) is 0.809. The first-order valence-electron chi connectivity index (χ1n) is 4.55. The second-order valence-electron chi connectivity index (χ2n) is 3.31. The van der Waals surface area contributed by atoms with Crippen molar-refractivity contribution in [3.8, 4) is 0 Å². The fraction of sp³-hybridized carbons (Fsp3) is 0.667. The molecule has 0 saturated heterocycles. The lowest BCUT2D eigenvalue weighted by molar-refractivity contribution is 0.342. The van der Waals surface area contributed by atoms with Gasteiger partial charge in [-0.1, -0.05) is 6.42 Å². The van der Waals surface area contributed by atoms with E-state index in [1.165, 1.54) is 25.0 Å². The van der Waals surface area contributed by atoms with Crippen LogP contribution in [0.15, 0.2) is 10.9 Å². The molecule has 0 atom stereocenters. The van der Waals surface area contributed by atoms with E-state index in [9.17, 15) is 0 Å². The van der Waals surface area contributed by atoms with Gasteiger partial charge < -0.3 is 5.32 Å². The number of rotatable bonds is 4. The molecule has 1 heterocycles. The molecule has 2 rings (SSSR count). The van der Waals surface area contributed by atoms with Crippen LogP contribution in [0.3, 0.4) is 0 Å². The zero-order chi connectivity index (χ0) is 8.23. The quantitative estimate of drug-likeness (QED) is 0.768. The molecule has 0 unspecified atom stereocenters. The van der Waals surface area contributed by atoms with Crippen molar-refractivity contribution in [1.82, 2.24) is 10.3 Å². The van der Waals surface area contributed by atoms with E-state index in [1.807, 2.05) is 5.51 Å². The van der Waals surface area contributed by atoms with E-state index in [2.05, 4.69) is 15.7 Å². The Morgan fingerprint density at radius 3 is 3.08 bits per heavy atom. The van der Waals surface area contributed by atoms with Crippen LogP contribution >= 0.6 is 11.3 Å². The van der Waals surface area contributed by atoms with E-state index < -0.39 is 0 Å². The van der Waals surface area contributed by atoms with Gasteiger partial charge in [0.15, 0.2) is 0 Å². The van der Waals surface area contributed by atoms with Gasteiger partial charge >= 0.3 is 0 Å². The Labute approximate surface area is 77.0 Å². The number of nitrogens with one attached hydrogen (secondary N) is 1. The van der Waals surface area contributed by atoms with Crippen molar-refractivity contribution in [1.29, 1.82) is 0 Å². The number of hydrogen-bond acceptors (Lipinski definition) is 3. The molecule has 2 nitrogen and oxygen atoms in total. The normalized spacial score (nSPS) is 17.7. The van der Waals surface area contributed by atoms with Gasteiger partial charge in [0.2, 0.25) is 0 Å². The first-order chi connectivity index (χ1) is 5.95. The first kappa shape index (κ1) is 8.20. The largest absolute Gasteiger partial charge is 0.314 e. The fourth-order valence-electron chi connectivity index (χ4n) is 1.38. The average Bonchev–Trinajstić information content (AvgIpc) is 2.46. The van der Waals surface area contributed by atoms with Crippen LogP contribution in [-0.2, 0) is 6.42 Å². The van der Waals surface area contributed by atoms with E-state index in [0.29, 0.717) is 0 Å². The lowest BCUT2D eigenvalue weighted by Crippen LogP contribution is -2.36. The summed E-state index contributed by atoms with van der Waals surface area (Å²) in [6.45, 7) is 1.09. The van der Waals surface area contributed by atoms with Gasteiger partial charge in [0.25, 0.3) is 0 Å². The maximum atomic E-state index is 4.24. The highest BCUT2D eigenvalue weighted by atomic mass is 32.1. The van der Waals surface area contributed by atoms with E-state index in [1.54, 1.807) is 11.3 Å².